The van der Waals surface area contributed by atoms with Crippen LogP contribution < -0.4 is 4.90 Å². The number of aliphatic carboxylic acids is 1. The van der Waals surface area contributed by atoms with Crippen molar-refractivity contribution in [3.63, 3.8) is 0 Å². The Kier molecular flexibility index (Phi) is 3.74. The van der Waals surface area contributed by atoms with Crippen molar-refractivity contribution in [3.8, 4) is 5.69 Å². The van der Waals surface area contributed by atoms with E-state index < -0.39 is 5.97 Å². The number of rotatable bonds is 5. The van der Waals surface area contributed by atoms with Gasteiger partial charge < -0.3 is 10.0 Å². The molecular weight excluding hydrogens is 246 g/mol. The number of hydrogen-bond acceptors (Lipinski definition) is 5. The van der Waals surface area contributed by atoms with Gasteiger partial charge in [0.25, 0.3) is 0 Å². The van der Waals surface area contributed by atoms with Gasteiger partial charge in [-0.3, -0.25) is 4.79 Å². The molecule has 0 aliphatic heterocycles. The fourth-order valence-corrected chi connectivity index (χ4v) is 1.56. The first-order valence-electron chi connectivity index (χ1n) is 5.85. The van der Waals surface area contributed by atoms with Crippen LogP contribution in [-0.2, 0) is 11.2 Å². The lowest BCUT2D eigenvalue weighted by Crippen LogP contribution is -2.08. The minimum absolute atomic E-state index is 0.00522. The molecule has 2 rings (SSSR count). The lowest BCUT2D eigenvalue weighted by molar-refractivity contribution is -0.137. The quantitative estimate of drug-likeness (QED) is 0.854. The van der Waals surface area contributed by atoms with Crippen LogP contribution in [0.15, 0.2) is 24.3 Å². The molecule has 1 aromatic carbocycles. The molecule has 0 saturated carbocycles. The summed E-state index contributed by atoms with van der Waals surface area (Å²) >= 11 is 0. The number of hydrogen-bond donors (Lipinski definition) is 1. The first-order valence-corrected chi connectivity index (χ1v) is 5.85. The number of carboxylic acids is 1. The van der Waals surface area contributed by atoms with Crippen LogP contribution in [0.3, 0.4) is 0 Å². The standard InChI is InChI=1S/C12H15N5O2/c1-16(2)9-3-5-10(6-4-9)17-14-11(13-15-17)7-8-12(18)19/h3-6H,7-8H2,1-2H3,(H,18,19). The van der Waals surface area contributed by atoms with Crippen LogP contribution in [0.2, 0.25) is 0 Å². The van der Waals surface area contributed by atoms with Crippen molar-refractivity contribution < 1.29 is 9.90 Å². The summed E-state index contributed by atoms with van der Waals surface area (Å²) in [6.07, 6.45) is 0.288. The van der Waals surface area contributed by atoms with E-state index in [0.29, 0.717) is 5.82 Å². The summed E-state index contributed by atoms with van der Waals surface area (Å²) in [4.78, 5) is 13.9. The largest absolute Gasteiger partial charge is 0.481 e. The van der Waals surface area contributed by atoms with E-state index in [-0.39, 0.29) is 12.8 Å². The van der Waals surface area contributed by atoms with E-state index in [2.05, 4.69) is 15.4 Å². The Morgan fingerprint density at radius 3 is 2.58 bits per heavy atom. The van der Waals surface area contributed by atoms with Crippen LogP contribution in [0.5, 0.6) is 0 Å². The van der Waals surface area contributed by atoms with Crippen molar-refractivity contribution in [2.45, 2.75) is 12.8 Å². The van der Waals surface area contributed by atoms with Gasteiger partial charge in [-0.2, -0.15) is 0 Å². The SMILES string of the molecule is CN(C)c1ccc(-n2nnc(CCC(=O)O)n2)cc1. The molecule has 1 N–H and O–H groups in total. The summed E-state index contributed by atoms with van der Waals surface area (Å²) in [5.41, 5.74) is 1.87. The van der Waals surface area contributed by atoms with Gasteiger partial charge in [0.1, 0.15) is 0 Å². The van der Waals surface area contributed by atoms with Gasteiger partial charge >= 0.3 is 5.97 Å². The van der Waals surface area contributed by atoms with Crippen molar-refractivity contribution in [2.24, 2.45) is 0 Å². The number of anilines is 1. The highest BCUT2D eigenvalue weighted by Gasteiger charge is 2.07. The minimum atomic E-state index is -0.869. The average Bonchev–Trinajstić information content (AvgIpc) is 2.85. The number of aryl methyl sites for hydroxylation is 1. The van der Waals surface area contributed by atoms with Gasteiger partial charge in [0, 0.05) is 26.2 Å². The zero-order chi connectivity index (χ0) is 13.8. The summed E-state index contributed by atoms with van der Waals surface area (Å²) in [7, 11) is 3.93. The Morgan fingerprint density at radius 1 is 1.32 bits per heavy atom. The molecule has 0 fully saturated rings. The molecule has 0 aliphatic rings. The second kappa shape index (κ2) is 5.47. The number of nitrogens with zero attached hydrogens (tertiary/aromatic N) is 5. The van der Waals surface area contributed by atoms with Gasteiger partial charge in [-0.15, -0.1) is 15.0 Å². The van der Waals surface area contributed by atoms with E-state index in [1.165, 1.54) is 4.80 Å². The Bertz CT molecular complexity index is 562. The van der Waals surface area contributed by atoms with E-state index in [1.54, 1.807) is 0 Å². The van der Waals surface area contributed by atoms with E-state index in [0.717, 1.165) is 11.4 Å². The third-order valence-electron chi connectivity index (χ3n) is 2.61. The van der Waals surface area contributed by atoms with Crippen LogP contribution in [0.25, 0.3) is 5.69 Å². The van der Waals surface area contributed by atoms with Crippen LogP contribution in [0.4, 0.5) is 5.69 Å². The summed E-state index contributed by atoms with van der Waals surface area (Å²) in [6.45, 7) is 0. The summed E-state index contributed by atoms with van der Waals surface area (Å²) in [6, 6.07) is 7.68. The number of carboxylic acid groups (broad SMARTS) is 1. The normalized spacial score (nSPS) is 10.4. The Labute approximate surface area is 110 Å². The number of carbonyl (C=O) groups is 1. The molecule has 0 saturated heterocycles. The topological polar surface area (TPSA) is 84.1 Å². The molecule has 0 amide bonds. The van der Waals surface area contributed by atoms with Gasteiger partial charge in [0.15, 0.2) is 5.82 Å². The molecule has 100 valence electrons. The zero-order valence-electron chi connectivity index (χ0n) is 10.8. The maximum atomic E-state index is 10.5. The van der Waals surface area contributed by atoms with Crippen LogP contribution >= 0.6 is 0 Å². The highest BCUT2D eigenvalue weighted by Crippen LogP contribution is 2.13. The highest BCUT2D eigenvalue weighted by atomic mass is 16.4. The fourth-order valence-electron chi connectivity index (χ4n) is 1.56. The highest BCUT2D eigenvalue weighted by molar-refractivity contribution is 5.66. The average molecular weight is 261 g/mol. The van der Waals surface area contributed by atoms with Crippen molar-refractivity contribution in [1.29, 1.82) is 0 Å². The molecule has 0 radical (unpaired) electrons. The molecule has 2 aromatic rings. The molecule has 0 atom stereocenters. The van der Waals surface area contributed by atoms with E-state index in [4.69, 9.17) is 5.11 Å². The van der Waals surface area contributed by atoms with Gasteiger partial charge in [0.2, 0.25) is 0 Å². The number of aromatic nitrogens is 4. The predicted molar refractivity (Wildman–Crippen MR) is 69.4 cm³/mol. The minimum Gasteiger partial charge on any atom is -0.481 e. The van der Waals surface area contributed by atoms with Crippen molar-refractivity contribution in [1.82, 2.24) is 20.2 Å². The number of tetrazole rings is 1. The summed E-state index contributed by atoms with van der Waals surface area (Å²) < 4.78 is 0. The molecule has 0 bridgehead atoms. The van der Waals surface area contributed by atoms with Gasteiger partial charge in [-0.25, -0.2) is 0 Å². The maximum Gasteiger partial charge on any atom is 0.303 e. The summed E-state index contributed by atoms with van der Waals surface area (Å²) in [5, 5.41) is 20.5. The van der Waals surface area contributed by atoms with E-state index in [1.807, 2.05) is 43.3 Å². The molecule has 19 heavy (non-hydrogen) atoms. The van der Waals surface area contributed by atoms with Gasteiger partial charge in [-0.1, -0.05) is 0 Å². The van der Waals surface area contributed by atoms with E-state index in [9.17, 15) is 4.79 Å². The van der Waals surface area contributed by atoms with Crippen molar-refractivity contribution in [2.75, 3.05) is 19.0 Å². The third kappa shape index (κ3) is 3.27. The molecule has 1 heterocycles. The van der Waals surface area contributed by atoms with E-state index >= 15 is 0 Å². The van der Waals surface area contributed by atoms with Crippen molar-refractivity contribution in [3.05, 3.63) is 30.1 Å². The first-order chi connectivity index (χ1) is 9.06. The van der Waals surface area contributed by atoms with Crippen molar-refractivity contribution >= 4 is 11.7 Å². The molecular formula is C12H15N5O2. The molecule has 7 nitrogen and oxygen atoms in total. The third-order valence-corrected chi connectivity index (χ3v) is 2.61. The molecule has 0 spiro atoms. The lowest BCUT2D eigenvalue weighted by atomic mass is 10.3. The van der Waals surface area contributed by atoms with Crippen LogP contribution in [0.1, 0.15) is 12.2 Å². The van der Waals surface area contributed by atoms with Crippen LogP contribution in [0, 0.1) is 0 Å². The van der Waals surface area contributed by atoms with Crippen LogP contribution in [-0.4, -0.2) is 45.4 Å². The molecule has 0 unspecified atom stereocenters. The molecule has 1 aromatic heterocycles. The fraction of sp³-hybridized carbons (Fsp3) is 0.333. The Morgan fingerprint density at radius 2 is 2.00 bits per heavy atom. The van der Waals surface area contributed by atoms with Gasteiger partial charge in [0.05, 0.1) is 12.1 Å². The first kappa shape index (κ1) is 13.0. The molecule has 7 heteroatoms. The maximum absolute atomic E-state index is 10.5. The monoisotopic (exact) mass is 261 g/mol. The predicted octanol–water partition coefficient (Wildman–Crippen LogP) is 0.745. The second-order valence-electron chi connectivity index (χ2n) is 4.30. The lowest BCUT2D eigenvalue weighted by Gasteiger charge is -2.12. The summed E-state index contributed by atoms with van der Waals surface area (Å²) in [5.74, 6) is -0.439. The smallest absolute Gasteiger partial charge is 0.303 e. The zero-order valence-corrected chi connectivity index (χ0v) is 10.8. The Balaban J connectivity index is 2.11. The Hall–Kier alpha value is -2.44. The number of benzene rings is 1. The molecule has 0 aliphatic carbocycles. The second-order valence-corrected chi connectivity index (χ2v) is 4.30. The van der Waals surface area contributed by atoms with Gasteiger partial charge in [-0.05, 0) is 29.5 Å².